The van der Waals surface area contributed by atoms with Crippen LogP contribution >= 0.6 is 15.9 Å². The van der Waals surface area contributed by atoms with Gasteiger partial charge in [0, 0.05) is 17.4 Å². The zero-order chi connectivity index (χ0) is 20.4. The van der Waals surface area contributed by atoms with E-state index in [1.807, 2.05) is 18.2 Å². The fourth-order valence-electron chi connectivity index (χ4n) is 3.19. The Hall–Kier alpha value is -3.33. The van der Waals surface area contributed by atoms with Gasteiger partial charge in [0.05, 0.1) is 22.5 Å². The normalized spacial score (nSPS) is 12.9. The van der Waals surface area contributed by atoms with Gasteiger partial charge in [0.2, 0.25) is 5.91 Å². The molecule has 1 aromatic heterocycles. The van der Waals surface area contributed by atoms with E-state index >= 15 is 0 Å². The molecule has 9 heteroatoms. The Morgan fingerprint density at radius 3 is 2.66 bits per heavy atom. The quantitative estimate of drug-likeness (QED) is 0.578. The van der Waals surface area contributed by atoms with Gasteiger partial charge < -0.3 is 5.32 Å². The first-order valence-electron chi connectivity index (χ1n) is 8.94. The van der Waals surface area contributed by atoms with Crippen LogP contribution in [-0.2, 0) is 4.79 Å². The van der Waals surface area contributed by atoms with Crippen molar-refractivity contribution in [3.05, 3.63) is 70.7 Å². The predicted molar refractivity (Wildman–Crippen MR) is 109 cm³/mol. The fraction of sp³-hybridized carbons (Fsp3) is 0.150. The first kappa shape index (κ1) is 19.0. The van der Waals surface area contributed by atoms with Crippen LogP contribution in [0.5, 0.6) is 0 Å². The van der Waals surface area contributed by atoms with Crippen LogP contribution in [0.4, 0.5) is 5.69 Å². The largest absolute Gasteiger partial charge is 0.324 e. The number of aromatic nitrogens is 3. The first-order chi connectivity index (χ1) is 14.0. The van der Waals surface area contributed by atoms with Crippen LogP contribution in [0.25, 0.3) is 5.69 Å². The molecule has 0 atom stereocenters. The van der Waals surface area contributed by atoms with Crippen molar-refractivity contribution in [2.45, 2.75) is 12.8 Å². The molecule has 2 aromatic carbocycles. The molecule has 4 rings (SSSR count). The number of hydrogen-bond donors (Lipinski definition) is 1. The minimum absolute atomic E-state index is 0.169. The lowest BCUT2D eigenvalue weighted by Gasteiger charge is -2.14. The molecule has 0 unspecified atom stereocenters. The maximum Gasteiger partial charge on any atom is 0.261 e. The van der Waals surface area contributed by atoms with E-state index < -0.39 is 0 Å². The molecular weight excluding hydrogens is 438 g/mol. The number of nitrogens with one attached hydrogen (secondary N) is 1. The third-order valence-corrected chi connectivity index (χ3v) is 5.06. The number of fused-ring (bicyclic) bond motifs is 1. The van der Waals surface area contributed by atoms with E-state index in [1.165, 1.54) is 11.2 Å². The summed E-state index contributed by atoms with van der Waals surface area (Å²) in [5, 5.41) is 6.93. The third kappa shape index (κ3) is 3.81. The summed E-state index contributed by atoms with van der Waals surface area (Å²) >= 11 is 3.31. The fourth-order valence-corrected chi connectivity index (χ4v) is 3.55. The van der Waals surface area contributed by atoms with Crippen molar-refractivity contribution in [2.24, 2.45) is 0 Å². The highest BCUT2D eigenvalue weighted by molar-refractivity contribution is 9.10. The molecule has 3 amide bonds. The number of rotatable bonds is 6. The highest BCUT2D eigenvalue weighted by atomic mass is 79.9. The number of amides is 3. The number of para-hydroxylation sites is 2. The average molecular weight is 454 g/mol. The standard InChI is InChI=1S/C20H16BrN5O3/c21-13-7-8-14-15(10-13)20(29)25(19(14)28)9-3-6-18(27)24-16-4-1-2-5-17(16)26-12-22-11-23-26/h1-2,4-5,7-8,10-12H,3,6,9H2,(H,24,27). The van der Waals surface area contributed by atoms with Crippen LogP contribution < -0.4 is 5.32 Å². The minimum Gasteiger partial charge on any atom is -0.324 e. The van der Waals surface area contributed by atoms with Gasteiger partial charge in [0.1, 0.15) is 12.7 Å². The van der Waals surface area contributed by atoms with Gasteiger partial charge in [-0.05, 0) is 36.8 Å². The maximum absolute atomic E-state index is 12.5. The van der Waals surface area contributed by atoms with Gasteiger partial charge in [0.25, 0.3) is 11.8 Å². The van der Waals surface area contributed by atoms with Crippen LogP contribution in [-0.4, -0.2) is 43.9 Å². The smallest absolute Gasteiger partial charge is 0.261 e. The lowest BCUT2D eigenvalue weighted by Crippen LogP contribution is -2.31. The number of carbonyl (C=O) groups excluding carboxylic acids is 3. The molecule has 0 aliphatic carbocycles. The summed E-state index contributed by atoms with van der Waals surface area (Å²) in [6.07, 6.45) is 3.50. The number of benzene rings is 2. The van der Waals surface area contributed by atoms with Crippen LogP contribution in [0.3, 0.4) is 0 Å². The van der Waals surface area contributed by atoms with Crippen molar-refractivity contribution < 1.29 is 14.4 Å². The molecule has 146 valence electrons. The molecular formula is C20H16BrN5O3. The van der Waals surface area contributed by atoms with E-state index in [9.17, 15) is 14.4 Å². The van der Waals surface area contributed by atoms with Gasteiger partial charge in [-0.25, -0.2) is 9.67 Å². The highest BCUT2D eigenvalue weighted by Crippen LogP contribution is 2.26. The second kappa shape index (κ2) is 7.96. The van der Waals surface area contributed by atoms with Gasteiger partial charge >= 0.3 is 0 Å². The minimum atomic E-state index is -0.330. The second-order valence-electron chi connectivity index (χ2n) is 6.46. The summed E-state index contributed by atoms with van der Waals surface area (Å²) in [6, 6.07) is 12.3. The molecule has 0 spiro atoms. The predicted octanol–water partition coefficient (Wildman–Crippen LogP) is 3.04. The summed E-state index contributed by atoms with van der Waals surface area (Å²) in [7, 11) is 0. The van der Waals surface area contributed by atoms with E-state index in [4.69, 9.17) is 0 Å². The van der Waals surface area contributed by atoms with Gasteiger partial charge in [-0.1, -0.05) is 28.1 Å². The zero-order valence-electron chi connectivity index (χ0n) is 15.2. The molecule has 1 N–H and O–H groups in total. The summed E-state index contributed by atoms with van der Waals surface area (Å²) in [5.74, 6) is -0.866. The number of anilines is 1. The number of halogens is 1. The van der Waals surface area contributed by atoms with Gasteiger partial charge in [-0.2, -0.15) is 5.10 Å². The van der Waals surface area contributed by atoms with Crippen molar-refractivity contribution in [1.29, 1.82) is 0 Å². The van der Waals surface area contributed by atoms with Crippen molar-refractivity contribution in [3.63, 3.8) is 0 Å². The monoisotopic (exact) mass is 453 g/mol. The van der Waals surface area contributed by atoms with Gasteiger partial charge in [-0.3, -0.25) is 19.3 Å². The highest BCUT2D eigenvalue weighted by Gasteiger charge is 2.35. The Labute approximate surface area is 174 Å². The summed E-state index contributed by atoms with van der Waals surface area (Å²) in [4.78, 5) is 42.4. The van der Waals surface area contributed by atoms with E-state index in [1.54, 1.807) is 35.3 Å². The molecule has 29 heavy (non-hydrogen) atoms. The molecule has 0 radical (unpaired) electrons. The number of nitrogens with zero attached hydrogens (tertiary/aromatic N) is 4. The van der Waals surface area contributed by atoms with E-state index in [-0.39, 0.29) is 30.7 Å². The molecule has 3 aromatic rings. The Morgan fingerprint density at radius 2 is 1.86 bits per heavy atom. The molecule has 2 heterocycles. The average Bonchev–Trinajstić information content (AvgIpc) is 3.32. The lowest BCUT2D eigenvalue weighted by atomic mass is 10.1. The van der Waals surface area contributed by atoms with Gasteiger partial charge in [-0.15, -0.1) is 0 Å². The third-order valence-electron chi connectivity index (χ3n) is 4.56. The molecule has 0 bridgehead atoms. The molecule has 0 fully saturated rings. The second-order valence-corrected chi connectivity index (χ2v) is 7.38. The van der Waals surface area contributed by atoms with Crippen molar-refractivity contribution in [1.82, 2.24) is 19.7 Å². The topological polar surface area (TPSA) is 97.2 Å². The Kier molecular flexibility index (Phi) is 5.22. The van der Waals surface area contributed by atoms with Crippen LogP contribution in [0.15, 0.2) is 59.6 Å². The Bertz CT molecular complexity index is 1100. The Balaban J connectivity index is 1.36. The number of carbonyl (C=O) groups is 3. The van der Waals surface area contributed by atoms with Crippen molar-refractivity contribution in [3.8, 4) is 5.69 Å². The van der Waals surface area contributed by atoms with Gasteiger partial charge in [0.15, 0.2) is 0 Å². The molecule has 1 aliphatic rings. The molecule has 0 saturated heterocycles. The first-order valence-corrected chi connectivity index (χ1v) is 9.73. The maximum atomic E-state index is 12.5. The number of hydrogen-bond acceptors (Lipinski definition) is 5. The van der Waals surface area contributed by atoms with Crippen LogP contribution in [0.2, 0.25) is 0 Å². The van der Waals surface area contributed by atoms with E-state index in [0.29, 0.717) is 28.9 Å². The SMILES string of the molecule is O=C(CCCN1C(=O)c2ccc(Br)cc2C1=O)Nc1ccccc1-n1cncn1. The molecule has 8 nitrogen and oxygen atoms in total. The van der Waals surface area contributed by atoms with Crippen molar-refractivity contribution >= 4 is 39.3 Å². The molecule has 1 aliphatic heterocycles. The zero-order valence-corrected chi connectivity index (χ0v) is 16.8. The summed E-state index contributed by atoms with van der Waals surface area (Å²) in [5.41, 5.74) is 2.08. The summed E-state index contributed by atoms with van der Waals surface area (Å²) < 4.78 is 2.30. The lowest BCUT2D eigenvalue weighted by molar-refractivity contribution is -0.116. The van der Waals surface area contributed by atoms with E-state index in [2.05, 4.69) is 31.3 Å². The van der Waals surface area contributed by atoms with Crippen molar-refractivity contribution in [2.75, 3.05) is 11.9 Å². The Morgan fingerprint density at radius 1 is 1.07 bits per heavy atom. The van der Waals surface area contributed by atoms with Crippen LogP contribution in [0.1, 0.15) is 33.6 Å². The van der Waals surface area contributed by atoms with E-state index in [0.717, 1.165) is 4.47 Å². The molecule has 0 saturated carbocycles. The summed E-state index contributed by atoms with van der Waals surface area (Å²) in [6.45, 7) is 0.183. The number of imide groups is 1. The van der Waals surface area contributed by atoms with Crippen LogP contribution in [0, 0.1) is 0 Å².